The van der Waals surface area contributed by atoms with Gasteiger partial charge in [-0.25, -0.2) is 0 Å². The molecule has 1 aromatic carbocycles. The van der Waals surface area contributed by atoms with Gasteiger partial charge in [0.2, 0.25) is 5.91 Å². The molecule has 1 aliphatic heterocycles. The van der Waals surface area contributed by atoms with Crippen LogP contribution in [0.4, 0.5) is 0 Å². The van der Waals surface area contributed by atoms with Gasteiger partial charge in [0.1, 0.15) is 5.76 Å². The number of nitrogens with one attached hydrogen (secondary N) is 1. The Kier molecular flexibility index (Phi) is 5.27. The molecule has 0 radical (unpaired) electrons. The highest BCUT2D eigenvalue weighted by molar-refractivity contribution is 9.10. The standard InChI is InChI=1S/C16H12BrN3O3S/c17-11-5-3-10(4-6-11)13(21)8-14-15(22)19-16(24-14)20-18-9-12-2-1-7-23-12/h1-7,9,14H,8H2,(H,19,20,22)/b18-9+. The molecule has 1 N–H and O–H groups in total. The van der Waals surface area contributed by atoms with Crippen LogP contribution in [-0.4, -0.2) is 28.3 Å². The molecular weight excluding hydrogens is 394 g/mol. The Balaban J connectivity index is 1.60. The molecule has 0 bridgehead atoms. The number of ketones is 1. The fraction of sp³-hybridized carbons (Fsp3) is 0.125. The van der Waals surface area contributed by atoms with Gasteiger partial charge in [-0.2, -0.15) is 5.10 Å². The Morgan fingerprint density at radius 2 is 2.12 bits per heavy atom. The molecule has 1 aromatic heterocycles. The quantitative estimate of drug-likeness (QED) is 0.470. The zero-order valence-electron chi connectivity index (χ0n) is 12.3. The predicted molar refractivity (Wildman–Crippen MR) is 96.3 cm³/mol. The van der Waals surface area contributed by atoms with Gasteiger partial charge in [-0.05, 0) is 24.3 Å². The van der Waals surface area contributed by atoms with Crippen molar-refractivity contribution < 1.29 is 14.0 Å². The van der Waals surface area contributed by atoms with E-state index in [9.17, 15) is 9.59 Å². The van der Waals surface area contributed by atoms with E-state index in [1.165, 1.54) is 24.2 Å². The Labute approximate surface area is 150 Å². The van der Waals surface area contributed by atoms with E-state index < -0.39 is 5.25 Å². The third-order valence-corrected chi connectivity index (χ3v) is 4.79. The Hall–Kier alpha value is -2.19. The smallest absolute Gasteiger partial charge is 0.240 e. The first-order valence-electron chi connectivity index (χ1n) is 7.02. The van der Waals surface area contributed by atoms with Crippen molar-refractivity contribution in [2.24, 2.45) is 10.2 Å². The third-order valence-electron chi connectivity index (χ3n) is 3.19. The summed E-state index contributed by atoms with van der Waals surface area (Å²) in [5.74, 6) is 0.239. The molecule has 122 valence electrons. The third kappa shape index (κ3) is 4.21. The van der Waals surface area contributed by atoms with Crippen LogP contribution in [0.1, 0.15) is 22.5 Å². The molecule has 1 amide bonds. The normalized spacial score (nSPS) is 19.1. The zero-order chi connectivity index (χ0) is 16.9. The number of benzene rings is 1. The van der Waals surface area contributed by atoms with Crippen LogP contribution in [-0.2, 0) is 4.79 Å². The molecule has 1 atom stereocenters. The van der Waals surface area contributed by atoms with Gasteiger partial charge in [0.15, 0.2) is 11.0 Å². The van der Waals surface area contributed by atoms with E-state index in [1.54, 1.807) is 36.4 Å². The van der Waals surface area contributed by atoms with Crippen LogP contribution < -0.4 is 5.32 Å². The number of halogens is 1. The van der Waals surface area contributed by atoms with Gasteiger partial charge >= 0.3 is 0 Å². The number of carbonyl (C=O) groups excluding carboxylic acids is 2. The fourth-order valence-corrected chi connectivity index (χ4v) is 3.20. The highest BCUT2D eigenvalue weighted by Crippen LogP contribution is 2.24. The minimum absolute atomic E-state index is 0.0875. The second-order valence-corrected chi connectivity index (χ2v) is 7.00. The number of hydrogen-bond acceptors (Lipinski definition) is 6. The molecule has 8 heteroatoms. The van der Waals surface area contributed by atoms with E-state index in [4.69, 9.17) is 4.42 Å². The number of nitrogens with zero attached hydrogens (tertiary/aromatic N) is 2. The van der Waals surface area contributed by atoms with Crippen LogP contribution in [0.25, 0.3) is 0 Å². The van der Waals surface area contributed by atoms with Crippen molar-refractivity contribution in [1.29, 1.82) is 0 Å². The second kappa shape index (κ2) is 7.59. The number of Topliss-reactive ketones (excluding diaryl/α,β-unsaturated/α-hetero) is 1. The maximum Gasteiger partial charge on any atom is 0.240 e. The average molecular weight is 406 g/mol. The van der Waals surface area contributed by atoms with E-state index >= 15 is 0 Å². The van der Waals surface area contributed by atoms with E-state index in [0.717, 1.165) is 4.47 Å². The van der Waals surface area contributed by atoms with Crippen LogP contribution in [0.2, 0.25) is 0 Å². The second-order valence-electron chi connectivity index (χ2n) is 4.90. The monoisotopic (exact) mass is 405 g/mol. The number of furan rings is 1. The molecule has 0 saturated carbocycles. The number of thioether (sulfide) groups is 1. The van der Waals surface area contributed by atoms with Crippen molar-refractivity contribution in [2.45, 2.75) is 11.7 Å². The fourth-order valence-electron chi connectivity index (χ4n) is 2.01. The van der Waals surface area contributed by atoms with E-state index in [1.807, 2.05) is 0 Å². The number of amides is 1. The van der Waals surface area contributed by atoms with E-state index in [2.05, 4.69) is 31.4 Å². The highest BCUT2D eigenvalue weighted by Gasteiger charge is 2.32. The van der Waals surface area contributed by atoms with Gasteiger partial charge in [-0.1, -0.05) is 39.8 Å². The Morgan fingerprint density at radius 3 is 2.83 bits per heavy atom. The molecule has 24 heavy (non-hydrogen) atoms. The zero-order valence-corrected chi connectivity index (χ0v) is 14.7. The van der Waals surface area contributed by atoms with Gasteiger partial charge in [0.25, 0.3) is 0 Å². The van der Waals surface area contributed by atoms with E-state index in [0.29, 0.717) is 16.5 Å². The lowest BCUT2D eigenvalue weighted by molar-refractivity contribution is -0.118. The predicted octanol–water partition coefficient (Wildman–Crippen LogP) is 3.24. The summed E-state index contributed by atoms with van der Waals surface area (Å²) in [5.41, 5.74) is 0.577. The summed E-state index contributed by atoms with van der Waals surface area (Å²) in [7, 11) is 0. The summed E-state index contributed by atoms with van der Waals surface area (Å²) >= 11 is 4.52. The molecule has 0 aliphatic carbocycles. The van der Waals surface area contributed by atoms with Crippen molar-refractivity contribution in [2.75, 3.05) is 0 Å². The van der Waals surface area contributed by atoms with Crippen LogP contribution in [0.15, 0.2) is 61.8 Å². The summed E-state index contributed by atoms with van der Waals surface area (Å²) in [6.07, 6.45) is 3.09. The van der Waals surface area contributed by atoms with Crippen LogP contribution in [0, 0.1) is 0 Å². The van der Waals surface area contributed by atoms with Gasteiger partial charge in [0.05, 0.1) is 17.7 Å². The first-order chi connectivity index (χ1) is 11.6. The van der Waals surface area contributed by atoms with Crippen molar-refractivity contribution in [3.05, 3.63) is 58.5 Å². The SMILES string of the molecule is O=C(CC1S/C(=N/N=C/c2ccco2)NC1=O)c1ccc(Br)cc1. The summed E-state index contributed by atoms with van der Waals surface area (Å²) in [4.78, 5) is 24.2. The van der Waals surface area contributed by atoms with Crippen molar-refractivity contribution in [3.8, 4) is 0 Å². The summed E-state index contributed by atoms with van der Waals surface area (Å²) in [5, 5.41) is 10.3. The molecule has 6 nitrogen and oxygen atoms in total. The maximum absolute atomic E-state index is 12.2. The first kappa shape index (κ1) is 16.7. The van der Waals surface area contributed by atoms with Crippen LogP contribution >= 0.6 is 27.7 Å². The molecule has 2 aromatic rings. The highest BCUT2D eigenvalue weighted by atomic mass is 79.9. The minimum Gasteiger partial charge on any atom is -0.463 e. The molecular formula is C16H12BrN3O3S. The van der Waals surface area contributed by atoms with Gasteiger partial charge in [0, 0.05) is 16.5 Å². The lowest BCUT2D eigenvalue weighted by atomic mass is 10.1. The Bertz CT molecular complexity index is 800. The van der Waals surface area contributed by atoms with Crippen molar-refractivity contribution >= 4 is 50.8 Å². The van der Waals surface area contributed by atoms with Crippen LogP contribution in [0.3, 0.4) is 0 Å². The molecule has 3 rings (SSSR count). The summed E-state index contributed by atoms with van der Waals surface area (Å²) in [6.45, 7) is 0. The van der Waals surface area contributed by atoms with Gasteiger partial charge < -0.3 is 9.73 Å². The molecule has 1 unspecified atom stereocenters. The maximum atomic E-state index is 12.2. The lowest BCUT2D eigenvalue weighted by Gasteiger charge is -2.04. The average Bonchev–Trinajstić information content (AvgIpc) is 3.19. The molecule has 2 heterocycles. The molecule has 1 saturated heterocycles. The van der Waals surface area contributed by atoms with Gasteiger partial charge in [-0.15, -0.1) is 5.10 Å². The number of amidine groups is 1. The Morgan fingerprint density at radius 1 is 1.33 bits per heavy atom. The van der Waals surface area contributed by atoms with Crippen LogP contribution in [0.5, 0.6) is 0 Å². The van der Waals surface area contributed by atoms with E-state index in [-0.39, 0.29) is 18.1 Å². The van der Waals surface area contributed by atoms with Gasteiger partial charge in [-0.3, -0.25) is 9.59 Å². The molecule has 0 spiro atoms. The number of rotatable bonds is 5. The molecule has 1 fully saturated rings. The number of hydrogen-bond donors (Lipinski definition) is 1. The lowest BCUT2D eigenvalue weighted by Crippen LogP contribution is -2.26. The van der Waals surface area contributed by atoms with Crippen molar-refractivity contribution in [3.63, 3.8) is 0 Å². The van der Waals surface area contributed by atoms with Crippen molar-refractivity contribution in [1.82, 2.24) is 5.32 Å². The topological polar surface area (TPSA) is 84.0 Å². The first-order valence-corrected chi connectivity index (χ1v) is 8.70. The summed E-state index contributed by atoms with van der Waals surface area (Å²) < 4.78 is 5.99. The largest absolute Gasteiger partial charge is 0.463 e. The minimum atomic E-state index is -0.501. The number of carbonyl (C=O) groups is 2. The molecule has 1 aliphatic rings. The summed E-state index contributed by atoms with van der Waals surface area (Å²) in [6, 6.07) is 10.5.